The van der Waals surface area contributed by atoms with Crippen LogP contribution >= 0.6 is 0 Å². The van der Waals surface area contributed by atoms with E-state index in [1.54, 1.807) is 24.3 Å². The Labute approximate surface area is 197 Å². The van der Waals surface area contributed by atoms with Crippen molar-refractivity contribution in [3.63, 3.8) is 0 Å². The molecule has 4 aliphatic carbocycles. The Kier molecular flexibility index (Phi) is 6.83. The third kappa shape index (κ3) is 5.42. The average molecular weight is 454 g/mol. The molecule has 0 aromatic heterocycles. The highest BCUT2D eigenvalue weighted by Gasteiger charge is 2.55. The maximum Gasteiger partial charge on any atom is 0.247 e. The predicted octanol–water partition coefficient (Wildman–Crippen LogP) is 4.97. The Morgan fingerprint density at radius 3 is 1.79 bits per heavy atom. The van der Waals surface area contributed by atoms with Gasteiger partial charge in [0.2, 0.25) is 17.7 Å². The molecule has 0 unspecified atom stereocenters. The van der Waals surface area contributed by atoms with Gasteiger partial charge in [-0.1, -0.05) is 27.7 Å². The highest BCUT2D eigenvalue weighted by atomic mass is 16.2. The number of nitrogens with one attached hydrogen (secondary N) is 3. The van der Waals surface area contributed by atoms with E-state index in [0.29, 0.717) is 41.5 Å². The second-order valence-electron chi connectivity index (χ2n) is 11.6. The van der Waals surface area contributed by atoms with Crippen LogP contribution in [0.2, 0.25) is 0 Å². The third-order valence-electron chi connectivity index (χ3n) is 7.79. The molecule has 4 bridgehead atoms. The maximum absolute atomic E-state index is 13.5. The Hall–Kier alpha value is -2.37. The molecule has 6 nitrogen and oxygen atoms in total. The molecule has 4 fully saturated rings. The van der Waals surface area contributed by atoms with Crippen molar-refractivity contribution in [3.8, 4) is 0 Å². The molecule has 0 heterocycles. The normalized spacial score (nSPS) is 28.6. The Balaban J connectivity index is 1.37. The predicted molar refractivity (Wildman–Crippen MR) is 131 cm³/mol. The summed E-state index contributed by atoms with van der Waals surface area (Å²) in [6.45, 7) is 7.95. The minimum absolute atomic E-state index is 0.0162. The molecule has 0 radical (unpaired) electrons. The molecule has 180 valence electrons. The van der Waals surface area contributed by atoms with Crippen LogP contribution in [0, 0.1) is 35.0 Å². The van der Waals surface area contributed by atoms with E-state index < -0.39 is 6.04 Å². The van der Waals surface area contributed by atoms with Gasteiger partial charge in [0.05, 0.1) is 0 Å². The van der Waals surface area contributed by atoms with Gasteiger partial charge >= 0.3 is 0 Å². The monoisotopic (exact) mass is 453 g/mol. The largest absolute Gasteiger partial charge is 0.344 e. The number of anilines is 2. The number of amides is 3. The zero-order valence-electron chi connectivity index (χ0n) is 20.4. The number of carbonyl (C=O) groups excluding carboxylic acids is 3. The molecule has 4 saturated carbocycles. The fourth-order valence-electron chi connectivity index (χ4n) is 6.66. The zero-order valence-corrected chi connectivity index (χ0v) is 20.4. The summed E-state index contributed by atoms with van der Waals surface area (Å²) in [6.07, 6.45) is 7.29. The maximum atomic E-state index is 13.5. The molecule has 3 amide bonds. The van der Waals surface area contributed by atoms with E-state index in [1.165, 1.54) is 19.3 Å². The summed E-state index contributed by atoms with van der Waals surface area (Å²) in [7, 11) is 0. The van der Waals surface area contributed by atoms with Crippen LogP contribution in [0.1, 0.15) is 72.6 Å². The molecule has 0 saturated heterocycles. The minimum Gasteiger partial charge on any atom is -0.344 e. The van der Waals surface area contributed by atoms with E-state index >= 15 is 0 Å². The molecule has 5 rings (SSSR count). The summed E-state index contributed by atoms with van der Waals surface area (Å²) in [5.41, 5.74) is 1.09. The zero-order chi connectivity index (χ0) is 23.8. The fourth-order valence-corrected chi connectivity index (χ4v) is 6.66. The van der Waals surface area contributed by atoms with Crippen LogP contribution in [0.4, 0.5) is 11.4 Å². The van der Waals surface area contributed by atoms with Crippen molar-refractivity contribution < 1.29 is 14.4 Å². The quantitative estimate of drug-likeness (QED) is 0.519. The number of carbonyl (C=O) groups is 3. The molecular formula is C27H39N3O3. The van der Waals surface area contributed by atoms with Gasteiger partial charge in [-0.25, -0.2) is 0 Å². The first-order valence-corrected chi connectivity index (χ1v) is 12.7. The van der Waals surface area contributed by atoms with E-state index in [4.69, 9.17) is 0 Å². The van der Waals surface area contributed by atoms with E-state index in [-0.39, 0.29) is 29.1 Å². The lowest BCUT2D eigenvalue weighted by molar-refractivity contribution is -0.148. The SMILES string of the molecule is CC(C)CC(=O)Nc1ccc(NC(=O)[C@H](NC(=O)C23CC4CC(CC(C4)C2)C3)C(C)C)cc1. The van der Waals surface area contributed by atoms with Crippen LogP contribution in [0.5, 0.6) is 0 Å². The van der Waals surface area contributed by atoms with Gasteiger partial charge in [0.1, 0.15) is 6.04 Å². The Morgan fingerprint density at radius 1 is 0.848 bits per heavy atom. The van der Waals surface area contributed by atoms with E-state index in [1.807, 2.05) is 27.7 Å². The lowest BCUT2D eigenvalue weighted by Gasteiger charge is -2.55. The van der Waals surface area contributed by atoms with Crippen LogP contribution in [0.25, 0.3) is 0 Å². The van der Waals surface area contributed by atoms with Crippen LogP contribution in [-0.2, 0) is 14.4 Å². The van der Waals surface area contributed by atoms with Crippen molar-refractivity contribution in [1.29, 1.82) is 0 Å². The van der Waals surface area contributed by atoms with Gasteiger partial charge in [0, 0.05) is 23.2 Å². The molecule has 33 heavy (non-hydrogen) atoms. The first kappa shape index (κ1) is 23.8. The topological polar surface area (TPSA) is 87.3 Å². The van der Waals surface area contributed by atoms with Crippen molar-refractivity contribution in [3.05, 3.63) is 24.3 Å². The van der Waals surface area contributed by atoms with Crippen molar-refractivity contribution in [2.75, 3.05) is 10.6 Å². The lowest BCUT2D eigenvalue weighted by Crippen LogP contribution is -2.57. The van der Waals surface area contributed by atoms with Crippen molar-refractivity contribution in [2.45, 2.75) is 78.7 Å². The molecule has 1 atom stereocenters. The molecule has 0 spiro atoms. The molecule has 1 aromatic rings. The summed E-state index contributed by atoms with van der Waals surface area (Å²) in [6, 6.07) is 6.55. The van der Waals surface area contributed by atoms with Crippen LogP contribution in [0.15, 0.2) is 24.3 Å². The van der Waals surface area contributed by atoms with Crippen molar-refractivity contribution in [1.82, 2.24) is 5.32 Å². The number of rotatable bonds is 8. The number of hydrogen-bond donors (Lipinski definition) is 3. The van der Waals surface area contributed by atoms with Gasteiger partial charge in [-0.05, 0) is 92.4 Å². The molecule has 4 aliphatic rings. The van der Waals surface area contributed by atoms with Crippen LogP contribution in [0.3, 0.4) is 0 Å². The summed E-state index contributed by atoms with van der Waals surface area (Å²) in [5, 5.41) is 8.97. The van der Waals surface area contributed by atoms with Gasteiger partial charge < -0.3 is 16.0 Å². The number of hydrogen-bond acceptors (Lipinski definition) is 3. The second kappa shape index (κ2) is 9.47. The lowest BCUT2D eigenvalue weighted by atomic mass is 9.49. The first-order chi connectivity index (χ1) is 15.6. The molecule has 1 aromatic carbocycles. The molecule has 3 N–H and O–H groups in total. The Morgan fingerprint density at radius 2 is 1.33 bits per heavy atom. The van der Waals surface area contributed by atoms with Crippen LogP contribution < -0.4 is 16.0 Å². The van der Waals surface area contributed by atoms with E-state index in [9.17, 15) is 14.4 Å². The van der Waals surface area contributed by atoms with Crippen LogP contribution in [-0.4, -0.2) is 23.8 Å². The van der Waals surface area contributed by atoms with Gasteiger partial charge in [-0.3, -0.25) is 14.4 Å². The third-order valence-corrected chi connectivity index (χ3v) is 7.79. The van der Waals surface area contributed by atoms with Crippen molar-refractivity contribution >= 4 is 29.1 Å². The first-order valence-electron chi connectivity index (χ1n) is 12.7. The van der Waals surface area contributed by atoms with E-state index in [2.05, 4.69) is 16.0 Å². The minimum atomic E-state index is -0.573. The average Bonchev–Trinajstić information content (AvgIpc) is 2.71. The highest BCUT2D eigenvalue weighted by molar-refractivity contribution is 5.98. The van der Waals surface area contributed by atoms with E-state index in [0.717, 1.165) is 19.3 Å². The molecular weight excluding hydrogens is 414 g/mol. The summed E-state index contributed by atoms with van der Waals surface area (Å²) >= 11 is 0. The fraction of sp³-hybridized carbons (Fsp3) is 0.667. The van der Waals surface area contributed by atoms with Gasteiger partial charge in [0.15, 0.2) is 0 Å². The van der Waals surface area contributed by atoms with Gasteiger partial charge in [-0.2, -0.15) is 0 Å². The summed E-state index contributed by atoms with van der Waals surface area (Å²) in [5.74, 6) is 2.21. The standard InChI is InChI=1S/C27H39N3O3/c1-16(2)9-23(31)28-21-5-7-22(8-6-21)29-25(32)24(17(3)4)30-26(33)27-13-18-10-19(14-27)12-20(11-18)15-27/h5-8,16-20,24H,9-15H2,1-4H3,(H,28,31)(H,29,32)(H,30,33)/t18?,19?,20?,24-,27?/m1/s1. The molecule has 6 heteroatoms. The second-order valence-corrected chi connectivity index (χ2v) is 11.6. The van der Waals surface area contributed by atoms with Crippen molar-refractivity contribution in [2.24, 2.45) is 35.0 Å². The summed E-state index contributed by atoms with van der Waals surface area (Å²) in [4.78, 5) is 38.5. The van der Waals surface area contributed by atoms with Gasteiger partial charge in [-0.15, -0.1) is 0 Å². The number of benzene rings is 1. The smallest absolute Gasteiger partial charge is 0.247 e. The molecule has 0 aliphatic heterocycles. The summed E-state index contributed by atoms with van der Waals surface area (Å²) < 4.78 is 0. The highest BCUT2D eigenvalue weighted by Crippen LogP contribution is 2.60. The van der Waals surface area contributed by atoms with Gasteiger partial charge in [0.25, 0.3) is 0 Å². The Bertz CT molecular complexity index is 855.